The molecule has 60 heavy (non-hydrogen) atoms. The van der Waals surface area contributed by atoms with Crippen molar-refractivity contribution in [1.29, 1.82) is 0 Å². The highest BCUT2D eigenvalue weighted by Crippen LogP contribution is 2.34. The van der Waals surface area contributed by atoms with Gasteiger partial charge in [-0.05, 0) is 24.8 Å². The summed E-state index contributed by atoms with van der Waals surface area (Å²) in [6, 6.07) is -2.01. The fourth-order valence-corrected chi connectivity index (χ4v) is 7.80. The molecule has 11 N–H and O–H groups in total. The van der Waals surface area contributed by atoms with Gasteiger partial charge in [0, 0.05) is 25.6 Å². The van der Waals surface area contributed by atoms with Crippen molar-refractivity contribution in [2.24, 2.45) is 5.92 Å². The molecular formula is C40H66N4O16. The number of aliphatic hydroxyl groups excluding tert-OH is 8. The van der Waals surface area contributed by atoms with Gasteiger partial charge in [0.15, 0.2) is 18.8 Å². The zero-order valence-corrected chi connectivity index (χ0v) is 34.5. The summed E-state index contributed by atoms with van der Waals surface area (Å²) in [5.41, 5.74) is -1.68. The first-order valence-electron chi connectivity index (χ1n) is 21.1. The molecule has 0 aliphatic carbocycles. The van der Waals surface area contributed by atoms with Crippen LogP contribution in [0.3, 0.4) is 0 Å². The van der Waals surface area contributed by atoms with Crippen LogP contribution in [0.5, 0.6) is 0 Å². The molecular weight excluding hydrogens is 792 g/mol. The summed E-state index contributed by atoms with van der Waals surface area (Å²) >= 11 is 0. The van der Waals surface area contributed by atoms with E-state index in [4.69, 9.17) is 18.9 Å². The molecule has 20 heteroatoms. The Kier molecular flexibility index (Phi) is 19.7. The van der Waals surface area contributed by atoms with Crippen LogP contribution in [-0.4, -0.2) is 155 Å². The van der Waals surface area contributed by atoms with Gasteiger partial charge in [0.1, 0.15) is 60.9 Å². The smallest absolute Gasteiger partial charge is 0.330 e. The fourth-order valence-electron chi connectivity index (χ4n) is 7.80. The highest BCUT2D eigenvalue weighted by atomic mass is 16.8. The maximum Gasteiger partial charge on any atom is 0.330 e. The van der Waals surface area contributed by atoms with Crippen LogP contribution in [-0.2, 0) is 28.5 Å². The van der Waals surface area contributed by atoms with Gasteiger partial charge in [0.05, 0.1) is 18.8 Å². The topological polar surface area (TPSA) is 312 Å². The zero-order chi connectivity index (χ0) is 44.1. The predicted octanol–water partition coefficient (Wildman–Crippen LogP) is -1.70. The molecule has 0 radical (unpaired) electrons. The van der Waals surface area contributed by atoms with Crippen molar-refractivity contribution in [3.63, 3.8) is 0 Å². The van der Waals surface area contributed by atoms with Gasteiger partial charge in [-0.3, -0.25) is 23.9 Å². The number of amides is 2. The Morgan fingerprint density at radius 3 is 1.95 bits per heavy atom. The summed E-state index contributed by atoms with van der Waals surface area (Å²) in [5.74, 6) is -0.604. The highest BCUT2D eigenvalue weighted by molar-refractivity contribution is 5.87. The predicted molar refractivity (Wildman–Crippen MR) is 212 cm³/mol. The Bertz CT molecular complexity index is 1630. The molecule has 1 aromatic heterocycles. The summed E-state index contributed by atoms with van der Waals surface area (Å²) in [7, 11) is 0. The molecule has 2 amide bonds. The minimum absolute atomic E-state index is 0.597. The number of hydrogen-bond donors (Lipinski definition) is 11. The van der Waals surface area contributed by atoms with Gasteiger partial charge in [-0.25, -0.2) is 4.79 Å². The molecule has 4 heterocycles. The lowest BCUT2D eigenvalue weighted by Crippen LogP contribution is -2.68. The van der Waals surface area contributed by atoms with E-state index in [9.17, 15) is 60.0 Å². The second kappa shape index (κ2) is 23.9. The van der Waals surface area contributed by atoms with Gasteiger partial charge >= 0.3 is 5.69 Å². The van der Waals surface area contributed by atoms with Crippen LogP contribution in [0.2, 0.25) is 0 Å². The van der Waals surface area contributed by atoms with Crippen LogP contribution < -0.4 is 21.9 Å². The first-order valence-corrected chi connectivity index (χ1v) is 21.1. The highest BCUT2D eigenvalue weighted by Gasteiger charge is 2.53. The molecule has 342 valence electrons. The summed E-state index contributed by atoms with van der Waals surface area (Å²) in [5, 5.41) is 91.5. The fraction of sp³-hybridized carbons (Fsp3) is 0.800. The average Bonchev–Trinajstić information content (AvgIpc) is 3.49. The maximum atomic E-state index is 13.2. The molecule has 3 aliphatic rings. The molecule has 15 atom stereocenters. The van der Waals surface area contributed by atoms with E-state index >= 15 is 0 Å². The van der Waals surface area contributed by atoms with E-state index in [0.29, 0.717) is 6.42 Å². The monoisotopic (exact) mass is 858 g/mol. The molecule has 0 spiro atoms. The van der Waals surface area contributed by atoms with Crippen LogP contribution in [0.15, 0.2) is 34.0 Å². The molecule has 20 nitrogen and oxygen atoms in total. The minimum Gasteiger partial charge on any atom is -0.394 e. The third-order valence-electron chi connectivity index (χ3n) is 11.2. The number of nitrogens with one attached hydrogen (secondary N) is 3. The Hall–Kier alpha value is -3.12. The molecule has 3 fully saturated rings. The Labute approximate surface area is 348 Å². The van der Waals surface area contributed by atoms with Crippen molar-refractivity contribution in [2.75, 3.05) is 6.61 Å². The van der Waals surface area contributed by atoms with Crippen molar-refractivity contribution < 1.29 is 69.4 Å². The number of carbonyl (C=O) groups excluding carboxylic acids is 2. The lowest BCUT2D eigenvalue weighted by atomic mass is 9.91. The average molecular weight is 859 g/mol. The summed E-state index contributed by atoms with van der Waals surface area (Å²) < 4.78 is 24.1. The lowest BCUT2D eigenvalue weighted by Gasteiger charge is -2.47. The van der Waals surface area contributed by atoms with Crippen LogP contribution in [0, 0.1) is 5.92 Å². The van der Waals surface area contributed by atoms with Gasteiger partial charge in [-0.2, -0.15) is 0 Å². The van der Waals surface area contributed by atoms with Crippen LogP contribution in [0.25, 0.3) is 0 Å². The molecule has 0 aromatic carbocycles. The van der Waals surface area contributed by atoms with Gasteiger partial charge in [0.2, 0.25) is 11.8 Å². The van der Waals surface area contributed by atoms with Crippen LogP contribution in [0.4, 0.5) is 0 Å². The van der Waals surface area contributed by atoms with Crippen molar-refractivity contribution in [3.05, 3.63) is 45.3 Å². The minimum atomic E-state index is -1.85. The van der Waals surface area contributed by atoms with E-state index in [1.165, 1.54) is 44.6 Å². The molecule has 1 aromatic rings. The van der Waals surface area contributed by atoms with E-state index in [-0.39, 0.29) is 0 Å². The molecule has 0 unspecified atom stereocenters. The van der Waals surface area contributed by atoms with Gasteiger partial charge < -0.3 is 70.4 Å². The second-order valence-electron chi connectivity index (χ2n) is 16.5. The third kappa shape index (κ3) is 13.7. The number of H-pyrrole nitrogens is 1. The molecule has 3 aliphatic heterocycles. The van der Waals surface area contributed by atoms with E-state index in [1.54, 1.807) is 6.08 Å². The zero-order valence-electron chi connectivity index (χ0n) is 34.5. The number of aromatic amines is 1. The normalized spacial score (nSPS) is 33.9. The Balaban J connectivity index is 1.42. The SMILES string of the molecule is CC(=O)N[C@@H]1[C@H](O[C@@H]2O[C@H](C[C@@H](O)[C@H]3O[C@@H](n4ccc(=O)[nH]c4=O)[C@H](O)[C@@H]3O)[C@H](O)[C@H](O)[C@H]2NC(=O)/C=C/CCCCCCCCCCCC(C)C)O[C@@H](CO)[C@H](O)[C@H]1O. The van der Waals surface area contributed by atoms with E-state index in [2.05, 4.69) is 24.5 Å². The first kappa shape index (κ1) is 49.5. The van der Waals surface area contributed by atoms with Crippen LogP contribution >= 0.6 is 0 Å². The van der Waals surface area contributed by atoms with E-state index in [1.807, 2.05) is 4.98 Å². The largest absolute Gasteiger partial charge is 0.394 e. The molecule has 3 saturated heterocycles. The number of nitrogens with zero attached hydrogens (tertiary/aromatic N) is 1. The van der Waals surface area contributed by atoms with E-state index < -0.39 is 128 Å². The molecule has 4 rings (SSSR count). The van der Waals surface area contributed by atoms with Crippen molar-refractivity contribution in [1.82, 2.24) is 20.2 Å². The lowest BCUT2D eigenvalue weighted by molar-refractivity contribution is -0.346. The number of allylic oxidation sites excluding steroid dienone is 1. The second-order valence-corrected chi connectivity index (χ2v) is 16.5. The summed E-state index contributed by atoms with van der Waals surface area (Å²) in [6.45, 7) is 4.83. The van der Waals surface area contributed by atoms with Gasteiger partial charge in [0.25, 0.3) is 5.56 Å². The third-order valence-corrected chi connectivity index (χ3v) is 11.2. The number of unbranched alkanes of at least 4 members (excludes halogenated alkanes) is 9. The van der Waals surface area contributed by atoms with Gasteiger partial charge in [-0.15, -0.1) is 0 Å². The number of aliphatic hydroxyl groups is 8. The first-order chi connectivity index (χ1) is 28.5. The van der Waals surface area contributed by atoms with Crippen molar-refractivity contribution in [2.45, 2.75) is 190 Å². The molecule has 0 bridgehead atoms. The number of hydrogen-bond acceptors (Lipinski definition) is 16. The molecule has 0 saturated carbocycles. The van der Waals surface area contributed by atoms with Crippen LogP contribution in [0.1, 0.15) is 104 Å². The summed E-state index contributed by atoms with van der Waals surface area (Å²) in [6.07, 6.45) is -6.31. The number of ether oxygens (including phenoxy) is 4. The summed E-state index contributed by atoms with van der Waals surface area (Å²) in [4.78, 5) is 51.2. The van der Waals surface area contributed by atoms with Crippen molar-refractivity contribution >= 4 is 11.8 Å². The van der Waals surface area contributed by atoms with Crippen molar-refractivity contribution in [3.8, 4) is 0 Å². The van der Waals surface area contributed by atoms with Gasteiger partial charge in [-0.1, -0.05) is 77.7 Å². The van der Waals surface area contributed by atoms with E-state index in [0.717, 1.165) is 55.4 Å². The maximum absolute atomic E-state index is 13.2. The number of rotatable bonds is 22. The number of carbonyl (C=O) groups is 2. The standard InChI is InChI=1S/C40H66N4O16/c1-21(2)15-13-11-9-7-5-4-6-8-10-12-14-16-26(48)42-29-33(53)30(50)24(57-39(29)60-38-28(41-22(3)46)32(52)31(51)25(20-45)58-38)19-23(47)36-34(54)35(55)37(59-36)44-18-17-27(49)43-40(44)56/h14,16-18,21,23-25,28-39,45,47,50-55H,4-13,15,19-20H2,1-3H3,(H,41,46)(H,42,48)(H,43,49,56)/b16-14+/t23-,24-,25+,28+,29-,30+,31+,32+,33-,34+,35-,36-,37-,38+,39+/m1/s1. The Morgan fingerprint density at radius 1 is 0.800 bits per heavy atom. The number of aromatic nitrogens is 2. The Morgan fingerprint density at radius 2 is 1.37 bits per heavy atom. The quantitative estimate of drug-likeness (QED) is 0.0458.